The molecule has 0 bridgehead atoms. The molecule has 18 heavy (non-hydrogen) atoms. The van der Waals surface area contributed by atoms with Gasteiger partial charge in [-0.1, -0.05) is 0 Å². The molecule has 3 fully saturated rings. The highest BCUT2D eigenvalue weighted by Gasteiger charge is 2.38. The minimum absolute atomic E-state index is 0.213. The zero-order chi connectivity index (χ0) is 12.3. The molecule has 0 aromatic rings. The number of ether oxygens (including phenoxy) is 2. The van der Waals surface area contributed by atoms with Crippen molar-refractivity contribution < 1.29 is 9.47 Å². The summed E-state index contributed by atoms with van der Waals surface area (Å²) in [5, 5.41) is 3.44. The van der Waals surface area contributed by atoms with Gasteiger partial charge in [0.25, 0.3) is 0 Å². The molecule has 2 saturated heterocycles. The molecule has 3 aliphatic rings. The van der Waals surface area contributed by atoms with Gasteiger partial charge in [0, 0.05) is 19.8 Å². The van der Waals surface area contributed by atoms with Gasteiger partial charge in [-0.25, -0.2) is 0 Å². The summed E-state index contributed by atoms with van der Waals surface area (Å²) in [4.78, 5) is 0. The highest BCUT2D eigenvalue weighted by Crippen LogP contribution is 2.37. The van der Waals surface area contributed by atoms with Crippen molar-refractivity contribution in [1.29, 1.82) is 0 Å². The Morgan fingerprint density at radius 2 is 1.94 bits per heavy atom. The molecule has 3 nitrogen and oxygen atoms in total. The van der Waals surface area contributed by atoms with Gasteiger partial charge >= 0.3 is 0 Å². The maximum Gasteiger partial charge on any atom is 0.0709 e. The summed E-state index contributed by atoms with van der Waals surface area (Å²) >= 11 is 0. The van der Waals surface area contributed by atoms with Crippen molar-refractivity contribution in [2.45, 2.75) is 50.5 Å². The third-order valence-corrected chi connectivity index (χ3v) is 4.83. The molecule has 0 amide bonds. The van der Waals surface area contributed by atoms with Crippen molar-refractivity contribution in [2.24, 2.45) is 11.8 Å². The Hall–Kier alpha value is -0.120. The van der Waals surface area contributed by atoms with Gasteiger partial charge in [0.2, 0.25) is 0 Å². The van der Waals surface area contributed by atoms with Crippen LogP contribution in [-0.4, -0.2) is 38.5 Å². The molecule has 0 radical (unpaired) electrons. The maximum absolute atomic E-state index is 6.11. The average Bonchev–Trinajstić information content (AvgIpc) is 3.20. The first-order chi connectivity index (χ1) is 8.86. The molecule has 1 aliphatic carbocycles. The topological polar surface area (TPSA) is 30.5 Å². The minimum Gasteiger partial charge on any atom is -0.381 e. The van der Waals surface area contributed by atoms with Crippen molar-refractivity contribution in [1.82, 2.24) is 5.32 Å². The zero-order valence-corrected chi connectivity index (χ0v) is 11.5. The quantitative estimate of drug-likeness (QED) is 0.763. The van der Waals surface area contributed by atoms with Crippen LogP contribution in [-0.2, 0) is 9.47 Å². The molecule has 104 valence electrons. The first-order valence-electron chi connectivity index (χ1n) is 7.79. The number of piperidine rings is 1. The van der Waals surface area contributed by atoms with Crippen molar-refractivity contribution in [3.63, 3.8) is 0 Å². The second kappa shape index (κ2) is 5.89. The molecule has 2 heterocycles. The second-order valence-electron chi connectivity index (χ2n) is 6.45. The first kappa shape index (κ1) is 12.9. The Bertz CT molecular complexity index is 254. The van der Waals surface area contributed by atoms with Gasteiger partial charge in [-0.05, 0) is 69.9 Å². The SMILES string of the molecule is C1CC2(CCN1)CC(CCOCC1CC1)CCO2. The third kappa shape index (κ3) is 3.46. The smallest absolute Gasteiger partial charge is 0.0709 e. The van der Waals surface area contributed by atoms with E-state index in [1.807, 2.05) is 0 Å². The molecule has 2 aliphatic heterocycles. The van der Waals surface area contributed by atoms with Crippen LogP contribution < -0.4 is 5.32 Å². The number of rotatable bonds is 5. The van der Waals surface area contributed by atoms with E-state index in [4.69, 9.17) is 9.47 Å². The van der Waals surface area contributed by atoms with Crippen molar-refractivity contribution in [2.75, 3.05) is 32.9 Å². The molecule has 3 rings (SSSR count). The van der Waals surface area contributed by atoms with Gasteiger partial charge in [0.05, 0.1) is 5.60 Å². The van der Waals surface area contributed by atoms with E-state index >= 15 is 0 Å². The minimum atomic E-state index is 0.213. The lowest BCUT2D eigenvalue weighted by molar-refractivity contribution is -0.116. The van der Waals surface area contributed by atoms with Gasteiger partial charge in [0.1, 0.15) is 0 Å². The Kier molecular flexibility index (Phi) is 4.22. The lowest BCUT2D eigenvalue weighted by Crippen LogP contribution is -2.48. The van der Waals surface area contributed by atoms with Crippen LogP contribution in [0.3, 0.4) is 0 Å². The summed E-state index contributed by atoms with van der Waals surface area (Å²) in [5.41, 5.74) is 0.213. The van der Waals surface area contributed by atoms with E-state index in [-0.39, 0.29) is 5.60 Å². The number of nitrogens with one attached hydrogen (secondary N) is 1. The van der Waals surface area contributed by atoms with Crippen LogP contribution in [0.2, 0.25) is 0 Å². The molecular formula is C15H27NO2. The molecule has 1 atom stereocenters. The van der Waals surface area contributed by atoms with Gasteiger partial charge in [-0.3, -0.25) is 0 Å². The van der Waals surface area contributed by atoms with Crippen LogP contribution in [0.1, 0.15) is 44.9 Å². The zero-order valence-electron chi connectivity index (χ0n) is 11.5. The molecule has 0 aromatic heterocycles. The van der Waals surface area contributed by atoms with Crippen molar-refractivity contribution in [3.05, 3.63) is 0 Å². The molecule has 1 N–H and O–H groups in total. The third-order valence-electron chi connectivity index (χ3n) is 4.83. The van der Waals surface area contributed by atoms with E-state index in [2.05, 4.69) is 5.32 Å². The van der Waals surface area contributed by atoms with E-state index in [1.54, 1.807) is 0 Å². The Morgan fingerprint density at radius 3 is 2.72 bits per heavy atom. The summed E-state index contributed by atoms with van der Waals surface area (Å²) in [6, 6.07) is 0. The van der Waals surface area contributed by atoms with Crippen molar-refractivity contribution in [3.8, 4) is 0 Å². The van der Waals surface area contributed by atoms with Crippen LogP contribution in [0.15, 0.2) is 0 Å². The predicted octanol–water partition coefficient (Wildman–Crippen LogP) is 2.35. The lowest BCUT2D eigenvalue weighted by atomic mass is 9.79. The standard InChI is InChI=1S/C15H27NO2/c1-2-14(1)12-17-9-3-13-4-10-18-15(11-13)5-7-16-8-6-15/h13-14,16H,1-12H2. The summed E-state index contributed by atoms with van der Waals surface area (Å²) in [5.74, 6) is 1.73. The van der Waals surface area contributed by atoms with Crippen LogP contribution in [0.4, 0.5) is 0 Å². The number of hydrogen-bond acceptors (Lipinski definition) is 3. The summed E-state index contributed by atoms with van der Waals surface area (Å²) in [6.07, 6.45) is 8.94. The van der Waals surface area contributed by atoms with E-state index in [9.17, 15) is 0 Å². The summed E-state index contributed by atoms with van der Waals surface area (Å²) in [6.45, 7) is 5.21. The molecule has 1 unspecified atom stereocenters. The summed E-state index contributed by atoms with van der Waals surface area (Å²) in [7, 11) is 0. The molecule has 3 heteroatoms. The van der Waals surface area contributed by atoms with Crippen LogP contribution in [0, 0.1) is 11.8 Å². The second-order valence-corrected chi connectivity index (χ2v) is 6.45. The molecule has 0 aromatic carbocycles. The first-order valence-corrected chi connectivity index (χ1v) is 7.79. The Morgan fingerprint density at radius 1 is 1.11 bits per heavy atom. The van der Waals surface area contributed by atoms with E-state index < -0.39 is 0 Å². The normalized spacial score (nSPS) is 31.7. The van der Waals surface area contributed by atoms with E-state index in [0.717, 1.165) is 44.7 Å². The lowest BCUT2D eigenvalue weighted by Gasteiger charge is -2.43. The largest absolute Gasteiger partial charge is 0.381 e. The molecule has 1 spiro atoms. The predicted molar refractivity (Wildman–Crippen MR) is 71.7 cm³/mol. The highest BCUT2D eigenvalue weighted by atomic mass is 16.5. The van der Waals surface area contributed by atoms with E-state index in [0.29, 0.717) is 0 Å². The maximum atomic E-state index is 6.11. The number of hydrogen-bond donors (Lipinski definition) is 1. The fourth-order valence-electron chi connectivity index (χ4n) is 3.39. The fourth-order valence-corrected chi connectivity index (χ4v) is 3.39. The van der Waals surface area contributed by atoms with Gasteiger partial charge < -0.3 is 14.8 Å². The van der Waals surface area contributed by atoms with Crippen molar-refractivity contribution >= 4 is 0 Å². The fraction of sp³-hybridized carbons (Fsp3) is 1.00. The Labute approximate surface area is 111 Å². The Balaban J connectivity index is 1.38. The van der Waals surface area contributed by atoms with Gasteiger partial charge in [0.15, 0.2) is 0 Å². The van der Waals surface area contributed by atoms with Crippen LogP contribution in [0.5, 0.6) is 0 Å². The van der Waals surface area contributed by atoms with Crippen LogP contribution >= 0.6 is 0 Å². The molecule has 1 saturated carbocycles. The summed E-state index contributed by atoms with van der Waals surface area (Å²) < 4.78 is 11.9. The average molecular weight is 253 g/mol. The highest BCUT2D eigenvalue weighted by molar-refractivity contribution is 4.91. The van der Waals surface area contributed by atoms with Crippen LogP contribution in [0.25, 0.3) is 0 Å². The van der Waals surface area contributed by atoms with Gasteiger partial charge in [-0.15, -0.1) is 0 Å². The monoisotopic (exact) mass is 253 g/mol. The van der Waals surface area contributed by atoms with E-state index in [1.165, 1.54) is 44.9 Å². The van der Waals surface area contributed by atoms with Gasteiger partial charge in [-0.2, -0.15) is 0 Å². The molecular weight excluding hydrogens is 226 g/mol.